The lowest BCUT2D eigenvalue weighted by Crippen LogP contribution is -2.38. The van der Waals surface area contributed by atoms with Gasteiger partial charge in [0.1, 0.15) is 0 Å². The first kappa shape index (κ1) is 14.7. The molecule has 1 aromatic rings. The van der Waals surface area contributed by atoms with Crippen molar-refractivity contribution in [2.45, 2.75) is 6.92 Å². The Kier molecular flexibility index (Phi) is 5.30. The molecule has 0 radical (unpaired) electrons. The summed E-state index contributed by atoms with van der Waals surface area (Å²) in [5, 5.41) is 11.2. The number of anilines is 1. The Morgan fingerprint density at radius 1 is 1.44 bits per heavy atom. The molecule has 0 fully saturated rings. The predicted octanol–water partition coefficient (Wildman–Crippen LogP) is 1.15. The molecule has 2 amide bonds. The van der Waals surface area contributed by atoms with Gasteiger partial charge in [-0.2, -0.15) is 0 Å². The highest BCUT2D eigenvalue weighted by molar-refractivity contribution is 9.10. The van der Waals surface area contributed by atoms with Gasteiger partial charge >= 0.3 is 11.8 Å². The largest absolute Gasteiger partial charge is 0.395 e. The summed E-state index contributed by atoms with van der Waals surface area (Å²) >= 11 is 3.35. The molecule has 1 rings (SSSR count). The maximum atomic E-state index is 11.6. The maximum absolute atomic E-state index is 11.6. The van der Waals surface area contributed by atoms with Crippen molar-refractivity contribution in [2.75, 3.05) is 25.5 Å². The van der Waals surface area contributed by atoms with Crippen LogP contribution in [0.3, 0.4) is 0 Å². The van der Waals surface area contributed by atoms with E-state index in [0.29, 0.717) is 5.69 Å². The van der Waals surface area contributed by atoms with Crippen LogP contribution in [0.25, 0.3) is 0 Å². The minimum absolute atomic E-state index is 0.131. The van der Waals surface area contributed by atoms with Crippen molar-refractivity contribution in [2.24, 2.45) is 0 Å². The van der Waals surface area contributed by atoms with Crippen LogP contribution in [0.15, 0.2) is 22.7 Å². The van der Waals surface area contributed by atoms with Crippen LogP contribution in [-0.4, -0.2) is 42.0 Å². The van der Waals surface area contributed by atoms with E-state index in [4.69, 9.17) is 5.11 Å². The van der Waals surface area contributed by atoms with E-state index < -0.39 is 11.8 Å². The fourth-order valence-corrected chi connectivity index (χ4v) is 1.58. The summed E-state index contributed by atoms with van der Waals surface area (Å²) in [7, 11) is 1.46. The average molecular weight is 315 g/mol. The molecule has 18 heavy (non-hydrogen) atoms. The molecule has 0 aromatic heterocycles. The number of aryl methyl sites for hydroxylation is 1. The molecule has 1 aromatic carbocycles. The lowest BCUT2D eigenvalue weighted by atomic mass is 10.2. The van der Waals surface area contributed by atoms with Gasteiger partial charge in [0.05, 0.1) is 6.61 Å². The second-order valence-corrected chi connectivity index (χ2v) is 4.72. The second kappa shape index (κ2) is 6.51. The zero-order valence-corrected chi connectivity index (χ0v) is 11.8. The van der Waals surface area contributed by atoms with Crippen molar-refractivity contribution in [3.05, 3.63) is 28.2 Å². The molecule has 0 unspecified atom stereocenters. The van der Waals surface area contributed by atoms with Gasteiger partial charge in [-0.25, -0.2) is 0 Å². The normalized spacial score (nSPS) is 10.0. The summed E-state index contributed by atoms with van der Waals surface area (Å²) in [6, 6.07) is 5.27. The molecule has 5 nitrogen and oxygen atoms in total. The van der Waals surface area contributed by atoms with E-state index in [2.05, 4.69) is 21.2 Å². The summed E-state index contributed by atoms with van der Waals surface area (Å²) in [6.07, 6.45) is 0. The summed E-state index contributed by atoms with van der Waals surface area (Å²) in [6.45, 7) is 1.85. The molecule has 0 aliphatic heterocycles. The molecule has 0 heterocycles. The molecule has 0 saturated heterocycles. The summed E-state index contributed by atoms with van der Waals surface area (Å²) in [5.74, 6) is -1.39. The topological polar surface area (TPSA) is 69.6 Å². The Morgan fingerprint density at radius 2 is 2.11 bits per heavy atom. The lowest BCUT2D eigenvalue weighted by Gasteiger charge is -2.15. The van der Waals surface area contributed by atoms with Crippen LogP contribution >= 0.6 is 15.9 Å². The van der Waals surface area contributed by atoms with Gasteiger partial charge in [0.25, 0.3) is 0 Å². The molecule has 0 aliphatic carbocycles. The van der Waals surface area contributed by atoms with Gasteiger partial charge in [0.2, 0.25) is 0 Å². The molecule has 0 atom stereocenters. The SMILES string of the molecule is Cc1cc(NC(=O)C(=O)N(C)CCO)ccc1Br. The smallest absolute Gasteiger partial charge is 0.313 e. The summed E-state index contributed by atoms with van der Waals surface area (Å²) in [5.41, 5.74) is 1.52. The number of carbonyl (C=O) groups excluding carboxylic acids is 2. The van der Waals surface area contributed by atoms with Crippen LogP contribution in [0, 0.1) is 6.92 Å². The van der Waals surface area contributed by atoms with Crippen molar-refractivity contribution < 1.29 is 14.7 Å². The van der Waals surface area contributed by atoms with Crippen LogP contribution < -0.4 is 5.32 Å². The average Bonchev–Trinajstić information content (AvgIpc) is 2.33. The fourth-order valence-electron chi connectivity index (χ4n) is 1.33. The zero-order valence-electron chi connectivity index (χ0n) is 10.2. The highest BCUT2D eigenvalue weighted by atomic mass is 79.9. The van der Waals surface area contributed by atoms with E-state index in [0.717, 1.165) is 10.0 Å². The van der Waals surface area contributed by atoms with Crippen LogP contribution in [-0.2, 0) is 9.59 Å². The zero-order chi connectivity index (χ0) is 13.7. The summed E-state index contributed by atoms with van der Waals surface area (Å²) in [4.78, 5) is 24.4. The first-order valence-electron chi connectivity index (χ1n) is 5.39. The van der Waals surface area contributed by atoms with Gasteiger partial charge in [-0.05, 0) is 30.7 Å². The highest BCUT2D eigenvalue weighted by Gasteiger charge is 2.18. The standard InChI is InChI=1S/C12H15BrN2O3/c1-8-7-9(3-4-10(8)13)14-11(17)12(18)15(2)5-6-16/h3-4,7,16H,5-6H2,1-2H3,(H,14,17). The van der Waals surface area contributed by atoms with E-state index in [9.17, 15) is 9.59 Å². The molecule has 98 valence electrons. The second-order valence-electron chi connectivity index (χ2n) is 3.87. The van der Waals surface area contributed by atoms with E-state index in [-0.39, 0.29) is 13.2 Å². The van der Waals surface area contributed by atoms with Crippen molar-refractivity contribution in [3.8, 4) is 0 Å². The monoisotopic (exact) mass is 314 g/mol. The van der Waals surface area contributed by atoms with Crippen molar-refractivity contribution in [3.63, 3.8) is 0 Å². The Labute approximate surface area is 114 Å². The van der Waals surface area contributed by atoms with Crippen LogP contribution in [0.2, 0.25) is 0 Å². The number of benzene rings is 1. The number of hydrogen-bond acceptors (Lipinski definition) is 3. The van der Waals surface area contributed by atoms with Gasteiger partial charge in [-0.1, -0.05) is 15.9 Å². The molecule has 0 spiro atoms. The van der Waals surface area contributed by atoms with Gasteiger partial charge < -0.3 is 15.3 Å². The fraction of sp³-hybridized carbons (Fsp3) is 0.333. The van der Waals surface area contributed by atoms with Crippen LogP contribution in [0.1, 0.15) is 5.56 Å². The number of aliphatic hydroxyl groups excluding tert-OH is 1. The molecule has 6 heteroatoms. The Morgan fingerprint density at radius 3 is 2.67 bits per heavy atom. The molecular formula is C12H15BrN2O3. The van der Waals surface area contributed by atoms with Gasteiger partial charge in [0.15, 0.2) is 0 Å². The number of nitrogens with one attached hydrogen (secondary N) is 1. The Hall–Kier alpha value is -1.40. The minimum Gasteiger partial charge on any atom is -0.395 e. The molecule has 0 saturated carbocycles. The Balaban J connectivity index is 2.69. The minimum atomic E-state index is -0.715. The van der Waals surface area contributed by atoms with Gasteiger partial charge in [-0.15, -0.1) is 0 Å². The van der Waals surface area contributed by atoms with Crippen molar-refractivity contribution >= 4 is 33.4 Å². The van der Waals surface area contributed by atoms with E-state index in [1.807, 2.05) is 6.92 Å². The molecular weight excluding hydrogens is 300 g/mol. The number of nitrogens with zero attached hydrogens (tertiary/aromatic N) is 1. The molecule has 2 N–H and O–H groups in total. The summed E-state index contributed by atoms with van der Waals surface area (Å²) < 4.78 is 0.934. The highest BCUT2D eigenvalue weighted by Crippen LogP contribution is 2.19. The van der Waals surface area contributed by atoms with E-state index in [1.54, 1.807) is 18.2 Å². The maximum Gasteiger partial charge on any atom is 0.313 e. The number of likely N-dealkylation sites (N-methyl/N-ethyl adjacent to an activating group) is 1. The van der Waals surface area contributed by atoms with E-state index in [1.165, 1.54) is 11.9 Å². The first-order valence-corrected chi connectivity index (χ1v) is 6.18. The van der Waals surface area contributed by atoms with Crippen molar-refractivity contribution in [1.82, 2.24) is 4.90 Å². The van der Waals surface area contributed by atoms with Gasteiger partial charge in [0, 0.05) is 23.8 Å². The van der Waals surface area contributed by atoms with Gasteiger partial charge in [-0.3, -0.25) is 9.59 Å². The first-order chi connectivity index (χ1) is 8.45. The number of amides is 2. The molecule has 0 aliphatic rings. The predicted molar refractivity (Wildman–Crippen MR) is 72.2 cm³/mol. The lowest BCUT2D eigenvalue weighted by molar-refractivity contribution is -0.142. The third-order valence-electron chi connectivity index (χ3n) is 2.39. The Bertz CT molecular complexity index is 463. The van der Waals surface area contributed by atoms with Crippen LogP contribution in [0.4, 0.5) is 5.69 Å². The third kappa shape index (κ3) is 3.82. The quantitative estimate of drug-likeness (QED) is 0.822. The number of carbonyl (C=O) groups is 2. The number of rotatable bonds is 3. The van der Waals surface area contributed by atoms with E-state index >= 15 is 0 Å². The number of halogens is 1. The third-order valence-corrected chi connectivity index (χ3v) is 3.28. The number of aliphatic hydroxyl groups is 1. The number of hydrogen-bond donors (Lipinski definition) is 2. The van der Waals surface area contributed by atoms with Crippen LogP contribution in [0.5, 0.6) is 0 Å². The van der Waals surface area contributed by atoms with Crippen molar-refractivity contribution in [1.29, 1.82) is 0 Å². The molecule has 0 bridgehead atoms.